The van der Waals surface area contributed by atoms with E-state index in [-0.39, 0.29) is 22.6 Å². The van der Waals surface area contributed by atoms with Gasteiger partial charge in [-0.25, -0.2) is 4.39 Å². The van der Waals surface area contributed by atoms with Gasteiger partial charge in [-0.15, -0.1) is 0 Å². The fourth-order valence-electron chi connectivity index (χ4n) is 2.70. The number of hydrogen-bond acceptors (Lipinski definition) is 1. The Bertz CT molecular complexity index is 431. The van der Waals surface area contributed by atoms with Crippen LogP contribution >= 0.6 is 0 Å². The van der Waals surface area contributed by atoms with Crippen LogP contribution in [0.3, 0.4) is 0 Å². The van der Waals surface area contributed by atoms with Gasteiger partial charge in [0.25, 0.3) is 0 Å². The molecule has 0 saturated heterocycles. The van der Waals surface area contributed by atoms with Gasteiger partial charge >= 0.3 is 0 Å². The van der Waals surface area contributed by atoms with Crippen LogP contribution in [0.2, 0.25) is 0 Å². The minimum absolute atomic E-state index is 0.0154. The molecule has 1 aromatic rings. The molecule has 0 heterocycles. The zero-order valence-corrected chi connectivity index (χ0v) is 10.6. The SMILES string of the molecule is Cc1ccc(F)c(C(=O)C2(C)CCCCC2)c1. The highest BCUT2D eigenvalue weighted by Crippen LogP contribution is 2.39. The third-order valence-electron chi connectivity index (χ3n) is 3.87. The summed E-state index contributed by atoms with van der Waals surface area (Å²) in [4.78, 5) is 12.5. The summed E-state index contributed by atoms with van der Waals surface area (Å²) in [7, 11) is 0. The average molecular weight is 234 g/mol. The summed E-state index contributed by atoms with van der Waals surface area (Å²) in [5, 5.41) is 0. The van der Waals surface area contributed by atoms with E-state index < -0.39 is 0 Å². The van der Waals surface area contributed by atoms with Crippen molar-refractivity contribution in [2.45, 2.75) is 46.0 Å². The molecule has 0 bridgehead atoms. The molecule has 1 nitrogen and oxygen atoms in total. The van der Waals surface area contributed by atoms with E-state index in [4.69, 9.17) is 0 Å². The van der Waals surface area contributed by atoms with Gasteiger partial charge in [-0.1, -0.05) is 37.8 Å². The highest BCUT2D eigenvalue weighted by molar-refractivity contribution is 6.00. The number of rotatable bonds is 2. The van der Waals surface area contributed by atoms with Crippen LogP contribution in [0.5, 0.6) is 0 Å². The highest BCUT2D eigenvalue weighted by atomic mass is 19.1. The molecule has 1 aliphatic carbocycles. The number of carbonyl (C=O) groups excluding carboxylic acids is 1. The van der Waals surface area contributed by atoms with Crippen molar-refractivity contribution in [1.29, 1.82) is 0 Å². The second-order valence-electron chi connectivity index (χ2n) is 5.43. The van der Waals surface area contributed by atoms with E-state index in [1.807, 2.05) is 13.8 Å². The van der Waals surface area contributed by atoms with Crippen LogP contribution in [-0.2, 0) is 0 Å². The zero-order valence-electron chi connectivity index (χ0n) is 10.6. The molecule has 0 atom stereocenters. The van der Waals surface area contributed by atoms with Crippen molar-refractivity contribution in [3.05, 3.63) is 35.1 Å². The van der Waals surface area contributed by atoms with Crippen LogP contribution in [0.15, 0.2) is 18.2 Å². The largest absolute Gasteiger partial charge is 0.293 e. The van der Waals surface area contributed by atoms with Crippen molar-refractivity contribution >= 4 is 5.78 Å². The molecule has 0 spiro atoms. The number of halogens is 1. The summed E-state index contributed by atoms with van der Waals surface area (Å²) in [6.07, 6.45) is 5.13. The predicted molar refractivity (Wildman–Crippen MR) is 66.7 cm³/mol. The molecule has 0 aliphatic heterocycles. The van der Waals surface area contributed by atoms with Crippen molar-refractivity contribution in [2.24, 2.45) is 5.41 Å². The maximum Gasteiger partial charge on any atom is 0.171 e. The van der Waals surface area contributed by atoms with Crippen molar-refractivity contribution in [2.75, 3.05) is 0 Å². The van der Waals surface area contributed by atoms with E-state index in [9.17, 15) is 9.18 Å². The number of ketones is 1. The predicted octanol–water partition coefficient (Wildman–Crippen LogP) is 4.29. The van der Waals surface area contributed by atoms with Crippen LogP contribution in [0.25, 0.3) is 0 Å². The van der Waals surface area contributed by atoms with Crippen LogP contribution in [0.4, 0.5) is 4.39 Å². The lowest BCUT2D eigenvalue weighted by molar-refractivity contribution is 0.0745. The molecule has 2 rings (SSSR count). The molecule has 1 aromatic carbocycles. The van der Waals surface area contributed by atoms with Crippen molar-refractivity contribution in [3.8, 4) is 0 Å². The first-order chi connectivity index (χ1) is 8.03. The second-order valence-corrected chi connectivity index (χ2v) is 5.43. The minimum Gasteiger partial charge on any atom is -0.293 e. The maximum absolute atomic E-state index is 13.7. The second kappa shape index (κ2) is 4.59. The minimum atomic E-state index is -0.382. The number of benzene rings is 1. The summed E-state index contributed by atoms with van der Waals surface area (Å²) < 4.78 is 13.7. The lowest BCUT2D eigenvalue weighted by atomic mass is 9.71. The Morgan fingerprint density at radius 3 is 2.53 bits per heavy atom. The van der Waals surface area contributed by atoms with E-state index in [0.29, 0.717) is 0 Å². The fourth-order valence-corrected chi connectivity index (χ4v) is 2.70. The summed E-state index contributed by atoms with van der Waals surface area (Å²) >= 11 is 0. The summed E-state index contributed by atoms with van der Waals surface area (Å²) in [6, 6.07) is 4.78. The Balaban J connectivity index is 2.32. The third kappa shape index (κ3) is 2.41. The van der Waals surface area contributed by atoms with Crippen LogP contribution < -0.4 is 0 Å². The topological polar surface area (TPSA) is 17.1 Å². The van der Waals surface area contributed by atoms with Gasteiger partial charge < -0.3 is 0 Å². The Hall–Kier alpha value is -1.18. The van der Waals surface area contributed by atoms with Gasteiger partial charge in [0.2, 0.25) is 0 Å². The van der Waals surface area contributed by atoms with Gasteiger partial charge in [-0.3, -0.25) is 4.79 Å². The molecular formula is C15H19FO. The lowest BCUT2D eigenvalue weighted by Gasteiger charge is -2.32. The first-order valence-corrected chi connectivity index (χ1v) is 6.34. The molecule has 92 valence electrons. The van der Waals surface area contributed by atoms with Gasteiger partial charge in [0, 0.05) is 5.41 Å². The van der Waals surface area contributed by atoms with E-state index in [1.54, 1.807) is 12.1 Å². The summed E-state index contributed by atoms with van der Waals surface area (Å²) in [5.41, 5.74) is 0.857. The normalized spacial score (nSPS) is 19.0. The maximum atomic E-state index is 13.7. The quantitative estimate of drug-likeness (QED) is 0.698. The number of carbonyl (C=O) groups is 1. The Kier molecular flexibility index (Phi) is 3.32. The van der Waals surface area contributed by atoms with Gasteiger partial charge in [0.1, 0.15) is 5.82 Å². The Labute approximate surface area is 102 Å². The van der Waals surface area contributed by atoms with E-state index in [2.05, 4.69) is 0 Å². The standard InChI is InChI=1S/C15H19FO/c1-11-6-7-13(16)12(10-11)14(17)15(2)8-4-3-5-9-15/h6-7,10H,3-5,8-9H2,1-2H3. The van der Waals surface area contributed by atoms with Crippen LogP contribution in [0.1, 0.15) is 54.9 Å². The fraction of sp³-hybridized carbons (Fsp3) is 0.533. The van der Waals surface area contributed by atoms with Gasteiger partial charge in [0.05, 0.1) is 5.56 Å². The third-order valence-corrected chi connectivity index (χ3v) is 3.87. The molecule has 0 amide bonds. The Morgan fingerprint density at radius 1 is 1.24 bits per heavy atom. The van der Waals surface area contributed by atoms with Gasteiger partial charge in [-0.2, -0.15) is 0 Å². The van der Waals surface area contributed by atoms with Crippen molar-refractivity contribution in [1.82, 2.24) is 0 Å². The molecule has 2 heteroatoms. The molecule has 1 aliphatic rings. The molecule has 0 N–H and O–H groups in total. The van der Waals surface area contributed by atoms with Crippen molar-refractivity contribution in [3.63, 3.8) is 0 Å². The molecule has 0 aromatic heterocycles. The molecule has 0 unspecified atom stereocenters. The molecule has 0 radical (unpaired) electrons. The first kappa shape index (κ1) is 12.3. The summed E-state index contributed by atoms with van der Waals surface area (Å²) in [5.74, 6) is -0.397. The van der Waals surface area contributed by atoms with Gasteiger partial charge in [0.15, 0.2) is 5.78 Å². The number of aryl methyl sites for hydroxylation is 1. The van der Waals surface area contributed by atoms with Crippen molar-refractivity contribution < 1.29 is 9.18 Å². The Morgan fingerprint density at radius 2 is 1.88 bits per heavy atom. The smallest absolute Gasteiger partial charge is 0.171 e. The number of Topliss-reactive ketones (excluding diaryl/α,β-unsaturated/α-hetero) is 1. The molecule has 1 saturated carbocycles. The number of hydrogen-bond donors (Lipinski definition) is 0. The van der Waals surface area contributed by atoms with Crippen LogP contribution in [0, 0.1) is 18.2 Å². The van der Waals surface area contributed by atoms with Gasteiger partial charge in [-0.05, 0) is 31.9 Å². The zero-order chi connectivity index (χ0) is 12.5. The van der Waals surface area contributed by atoms with Crippen LogP contribution in [-0.4, -0.2) is 5.78 Å². The van der Waals surface area contributed by atoms with E-state index >= 15 is 0 Å². The molecule has 17 heavy (non-hydrogen) atoms. The monoisotopic (exact) mass is 234 g/mol. The lowest BCUT2D eigenvalue weighted by Crippen LogP contribution is -2.31. The molecular weight excluding hydrogens is 215 g/mol. The molecule has 1 fully saturated rings. The highest BCUT2D eigenvalue weighted by Gasteiger charge is 2.36. The summed E-state index contributed by atoms with van der Waals surface area (Å²) in [6.45, 7) is 3.87. The first-order valence-electron chi connectivity index (χ1n) is 6.34. The van der Waals surface area contributed by atoms with E-state index in [1.165, 1.54) is 12.5 Å². The van der Waals surface area contributed by atoms with E-state index in [0.717, 1.165) is 31.2 Å². The average Bonchev–Trinajstić information content (AvgIpc) is 2.32.